The molecule has 5 heteroatoms. The Balaban J connectivity index is 2.23. The lowest BCUT2D eigenvalue weighted by Crippen LogP contribution is -2.54. The van der Waals surface area contributed by atoms with E-state index in [1.54, 1.807) is 6.07 Å². The van der Waals surface area contributed by atoms with Crippen molar-refractivity contribution in [2.75, 3.05) is 18.0 Å². The second kappa shape index (κ2) is 4.80. The van der Waals surface area contributed by atoms with E-state index in [0.29, 0.717) is 5.69 Å². The van der Waals surface area contributed by atoms with E-state index in [4.69, 9.17) is 0 Å². The summed E-state index contributed by atoms with van der Waals surface area (Å²) in [5.41, 5.74) is 0.0591. The molecule has 1 fully saturated rings. The van der Waals surface area contributed by atoms with Crippen molar-refractivity contribution in [1.29, 1.82) is 0 Å². The first-order chi connectivity index (χ1) is 8.36. The minimum Gasteiger partial charge on any atom is -0.368 e. The van der Waals surface area contributed by atoms with Gasteiger partial charge in [0.2, 0.25) is 0 Å². The largest absolute Gasteiger partial charge is 0.416 e. The van der Waals surface area contributed by atoms with Gasteiger partial charge in [0.05, 0.1) is 5.56 Å². The number of hydrogen-bond donors (Lipinski definition) is 1. The third-order valence-electron chi connectivity index (χ3n) is 3.10. The first-order valence-electron chi connectivity index (χ1n) is 6.04. The van der Waals surface area contributed by atoms with Crippen LogP contribution in [0.25, 0.3) is 0 Å². The highest BCUT2D eigenvalue weighted by molar-refractivity contribution is 5.50. The molecule has 1 aromatic carbocycles. The number of halogens is 3. The molecule has 0 radical (unpaired) electrons. The van der Waals surface area contributed by atoms with Gasteiger partial charge in [0.15, 0.2) is 0 Å². The summed E-state index contributed by atoms with van der Waals surface area (Å²) in [7, 11) is 0. The Morgan fingerprint density at radius 1 is 1.17 bits per heavy atom. The smallest absolute Gasteiger partial charge is 0.368 e. The zero-order valence-electron chi connectivity index (χ0n) is 10.5. The van der Waals surface area contributed by atoms with Crippen LogP contribution in [0, 0.1) is 0 Å². The first kappa shape index (κ1) is 13.2. The van der Waals surface area contributed by atoms with E-state index in [1.807, 2.05) is 18.7 Å². The molecule has 1 N–H and O–H groups in total. The molecule has 1 aliphatic heterocycles. The molecule has 0 unspecified atom stereocenters. The molecule has 2 rings (SSSR count). The van der Waals surface area contributed by atoms with E-state index in [1.165, 1.54) is 12.1 Å². The Morgan fingerprint density at radius 3 is 2.33 bits per heavy atom. The van der Waals surface area contributed by atoms with Crippen molar-refractivity contribution < 1.29 is 13.2 Å². The lowest BCUT2D eigenvalue weighted by Gasteiger charge is -2.37. The van der Waals surface area contributed by atoms with Crippen LogP contribution in [0.5, 0.6) is 0 Å². The van der Waals surface area contributed by atoms with Crippen molar-refractivity contribution in [3.8, 4) is 0 Å². The van der Waals surface area contributed by atoms with Gasteiger partial charge in [-0.05, 0) is 32.0 Å². The fourth-order valence-electron chi connectivity index (χ4n) is 2.42. The molecule has 2 nitrogen and oxygen atoms in total. The Bertz CT molecular complexity index is 407. The van der Waals surface area contributed by atoms with Crippen LogP contribution in [-0.4, -0.2) is 25.2 Å². The zero-order valence-corrected chi connectivity index (χ0v) is 10.5. The third-order valence-corrected chi connectivity index (χ3v) is 3.10. The summed E-state index contributed by atoms with van der Waals surface area (Å²) in [6, 6.07) is 6.10. The second-order valence-corrected chi connectivity index (χ2v) is 4.92. The number of rotatable bonds is 1. The van der Waals surface area contributed by atoms with Gasteiger partial charge >= 0.3 is 6.18 Å². The highest BCUT2D eigenvalue weighted by Gasteiger charge is 2.31. The zero-order chi connectivity index (χ0) is 13.3. The molecule has 0 aromatic heterocycles. The molecule has 1 heterocycles. The van der Waals surface area contributed by atoms with Crippen LogP contribution < -0.4 is 10.2 Å². The summed E-state index contributed by atoms with van der Waals surface area (Å²) in [6.45, 7) is 5.53. The van der Waals surface area contributed by atoms with Crippen LogP contribution >= 0.6 is 0 Å². The maximum atomic E-state index is 12.7. The van der Waals surface area contributed by atoms with Crippen molar-refractivity contribution in [3.05, 3.63) is 29.8 Å². The van der Waals surface area contributed by atoms with E-state index in [0.717, 1.165) is 19.2 Å². The predicted octanol–water partition coefficient (Wildman–Crippen LogP) is 2.89. The van der Waals surface area contributed by atoms with Gasteiger partial charge in [0.1, 0.15) is 0 Å². The molecule has 100 valence electrons. The van der Waals surface area contributed by atoms with Gasteiger partial charge in [-0.3, -0.25) is 0 Å². The van der Waals surface area contributed by atoms with E-state index in [9.17, 15) is 13.2 Å². The molecule has 1 aliphatic rings. The van der Waals surface area contributed by atoms with E-state index < -0.39 is 11.7 Å². The predicted molar refractivity (Wildman–Crippen MR) is 65.7 cm³/mol. The number of hydrogen-bond acceptors (Lipinski definition) is 2. The highest BCUT2D eigenvalue weighted by Crippen LogP contribution is 2.32. The summed E-state index contributed by atoms with van der Waals surface area (Å²) in [5, 5.41) is 3.36. The SMILES string of the molecule is C[C@@H]1CN(c2cccc(C(F)(F)F)c2)C[C@H](C)N1. The first-order valence-corrected chi connectivity index (χ1v) is 6.04. The van der Waals surface area contributed by atoms with E-state index in [2.05, 4.69) is 5.32 Å². The van der Waals surface area contributed by atoms with Crippen LogP contribution in [0.2, 0.25) is 0 Å². The lowest BCUT2D eigenvalue weighted by molar-refractivity contribution is -0.137. The summed E-state index contributed by atoms with van der Waals surface area (Å²) in [5.74, 6) is 0. The molecule has 0 aliphatic carbocycles. The van der Waals surface area contributed by atoms with Crippen molar-refractivity contribution in [2.45, 2.75) is 32.1 Å². The van der Waals surface area contributed by atoms with Crippen LogP contribution in [0.4, 0.5) is 18.9 Å². The van der Waals surface area contributed by atoms with Crippen LogP contribution in [0.1, 0.15) is 19.4 Å². The third kappa shape index (κ3) is 2.96. The average molecular weight is 258 g/mol. The minimum absolute atomic E-state index is 0.281. The molecular formula is C13H17F3N2. The number of benzene rings is 1. The van der Waals surface area contributed by atoms with E-state index >= 15 is 0 Å². The second-order valence-electron chi connectivity index (χ2n) is 4.92. The van der Waals surface area contributed by atoms with Gasteiger partial charge in [0.25, 0.3) is 0 Å². The molecule has 2 atom stereocenters. The fraction of sp³-hybridized carbons (Fsp3) is 0.538. The number of piperazine rings is 1. The topological polar surface area (TPSA) is 15.3 Å². The Kier molecular flexibility index (Phi) is 3.52. The number of alkyl halides is 3. The highest BCUT2D eigenvalue weighted by atomic mass is 19.4. The summed E-state index contributed by atoms with van der Waals surface area (Å²) in [4.78, 5) is 2.00. The molecule has 1 saturated heterocycles. The fourth-order valence-corrected chi connectivity index (χ4v) is 2.42. The minimum atomic E-state index is -4.28. The summed E-state index contributed by atoms with van der Waals surface area (Å²) in [6.07, 6.45) is -4.28. The monoisotopic (exact) mass is 258 g/mol. The molecule has 0 amide bonds. The van der Waals surface area contributed by atoms with Gasteiger partial charge in [-0.2, -0.15) is 13.2 Å². The Labute approximate surface area is 105 Å². The van der Waals surface area contributed by atoms with Crippen molar-refractivity contribution in [1.82, 2.24) is 5.32 Å². The van der Waals surface area contributed by atoms with Gasteiger partial charge in [0, 0.05) is 30.9 Å². The maximum absolute atomic E-state index is 12.7. The normalized spacial score (nSPS) is 25.3. The van der Waals surface area contributed by atoms with Gasteiger partial charge < -0.3 is 10.2 Å². The number of nitrogens with zero attached hydrogens (tertiary/aromatic N) is 1. The maximum Gasteiger partial charge on any atom is 0.416 e. The number of anilines is 1. The standard InChI is InChI=1S/C13H17F3N2/c1-9-7-18(8-10(2)17-9)12-5-3-4-11(6-12)13(14,15)16/h3-6,9-10,17H,7-8H2,1-2H3/t9-,10+. The quantitative estimate of drug-likeness (QED) is 0.833. The van der Waals surface area contributed by atoms with Crippen LogP contribution in [-0.2, 0) is 6.18 Å². The molecule has 1 aromatic rings. The Morgan fingerprint density at radius 2 is 1.78 bits per heavy atom. The van der Waals surface area contributed by atoms with Crippen LogP contribution in [0.15, 0.2) is 24.3 Å². The van der Waals surface area contributed by atoms with Crippen LogP contribution in [0.3, 0.4) is 0 Å². The van der Waals surface area contributed by atoms with Gasteiger partial charge in [-0.1, -0.05) is 6.07 Å². The lowest BCUT2D eigenvalue weighted by atomic mass is 10.1. The molecule has 18 heavy (non-hydrogen) atoms. The molecular weight excluding hydrogens is 241 g/mol. The average Bonchev–Trinajstić information content (AvgIpc) is 2.27. The number of nitrogens with one attached hydrogen (secondary N) is 1. The van der Waals surface area contributed by atoms with Gasteiger partial charge in [-0.15, -0.1) is 0 Å². The molecule has 0 spiro atoms. The van der Waals surface area contributed by atoms with Gasteiger partial charge in [-0.25, -0.2) is 0 Å². The summed E-state index contributed by atoms with van der Waals surface area (Å²) < 4.78 is 38.0. The summed E-state index contributed by atoms with van der Waals surface area (Å²) >= 11 is 0. The van der Waals surface area contributed by atoms with Crippen molar-refractivity contribution in [2.24, 2.45) is 0 Å². The van der Waals surface area contributed by atoms with E-state index in [-0.39, 0.29) is 12.1 Å². The Hall–Kier alpha value is -1.23. The molecule has 0 bridgehead atoms. The molecule has 0 saturated carbocycles. The van der Waals surface area contributed by atoms with Crippen molar-refractivity contribution in [3.63, 3.8) is 0 Å². The van der Waals surface area contributed by atoms with Crippen molar-refractivity contribution >= 4 is 5.69 Å².